The number of hydrogen-bond acceptors (Lipinski definition) is 12. The number of rotatable bonds is 22. The Kier molecular flexibility index (Phi) is 29.5. The van der Waals surface area contributed by atoms with Crippen LogP contribution in [0.2, 0.25) is 0 Å². The minimum absolute atomic E-state index is 0. The molecule has 0 atom stereocenters. The van der Waals surface area contributed by atoms with Crippen LogP contribution in [0.15, 0.2) is 56.0 Å². The van der Waals surface area contributed by atoms with Gasteiger partial charge >= 0.3 is 0 Å². The van der Waals surface area contributed by atoms with E-state index in [1.54, 1.807) is 0 Å². The lowest BCUT2D eigenvalue weighted by Crippen LogP contribution is -2.50. The van der Waals surface area contributed by atoms with Gasteiger partial charge in [-0.15, -0.1) is 0 Å². The van der Waals surface area contributed by atoms with E-state index < -0.39 is 92.4 Å². The third-order valence-corrected chi connectivity index (χ3v) is 12.8. The molecule has 350 valence electrons. The Balaban J connectivity index is -0.000000974. The first-order valence-corrected chi connectivity index (χ1v) is 24.7. The summed E-state index contributed by atoms with van der Waals surface area (Å²) in [6.07, 6.45) is 22.2. The van der Waals surface area contributed by atoms with Gasteiger partial charge in [0.05, 0.1) is 45.8 Å². The molecule has 0 unspecified atom stereocenters. The lowest BCUT2D eigenvalue weighted by Gasteiger charge is -2.23. The average molecular weight is 939 g/mol. The van der Waals surface area contributed by atoms with Crippen LogP contribution in [0.1, 0.15) is 103 Å². The van der Waals surface area contributed by atoms with Crippen molar-refractivity contribution in [2.75, 3.05) is 26.2 Å². The number of quaternary nitrogens is 4. The van der Waals surface area contributed by atoms with Gasteiger partial charge in [0.15, 0.2) is 0 Å². The molecule has 0 heterocycles. The molecule has 0 spiro atoms. The summed E-state index contributed by atoms with van der Waals surface area (Å²) in [6, 6.07) is 4.27. The Morgan fingerprint density at radius 1 is 0.317 bits per heavy atom. The molecular weight excluding hydrogens is 873 g/mol. The lowest BCUT2D eigenvalue weighted by molar-refractivity contribution is -0.369. The van der Waals surface area contributed by atoms with E-state index in [4.69, 9.17) is 0 Å². The second-order valence-electron chi connectivity index (χ2n) is 13.7. The maximum Gasteiger partial charge on any atom is 0.125 e. The average Bonchev–Trinajstić information content (AvgIpc) is 3.11. The van der Waals surface area contributed by atoms with Crippen molar-refractivity contribution in [3.8, 4) is 0 Å². The molecule has 0 amide bonds. The molecule has 60 heavy (non-hydrogen) atoms. The Labute approximate surface area is 353 Å². The quantitative estimate of drug-likeness (QED) is 0.0381. The van der Waals surface area contributed by atoms with Crippen LogP contribution in [-0.2, 0) is 40.5 Å². The van der Waals surface area contributed by atoms with Crippen molar-refractivity contribution in [2.45, 2.75) is 122 Å². The SMILES string of the molecule is O.O.O.O.O=S(=O)([O-])c1cc(S(=O)(=O)[O-])c2ccc3c(S(=O)(=O)[O-])cc(S(=O)(=O)[O-])c4ccc1c2c43.[NH3+]CCCCCCCCCC[NH3+].[NH3+]CCCCCCCCCC[NH3+]. The van der Waals surface area contributed by atoms with Crippen LogP contribution in [0.3, 0.4) is 0 Å². The third-order valence-electron chi connectivity index (χ3n) is 9.32. The Morgan fingerprint density at radius 3 is 0.600 bits per heavy atom. The topological polar surface area (TPSA) is 465 Å². The molecule has 4 aromatic rings. The highest BCUT2D eigenvalue weighted by Crippen LogP contribution is 2.44. The zero-order chi connectivity index (χ0) is 42.2. The summed E-state index contributed by atoms with van der Waals surface area (Å²) < 4.78 is 141. The zero-order valence-corrected chi connectivity index (χ0v) is 37.2. The van der Waals surface area contributed by atoms with Crippen molar-refractivity contribution in [3.63, 3.8) is 0 Å². The molecule has 0 bridgehead atoms. The van der Waals surface area contributed by atoms with Gasteiger partial charge in [-0.25, -0.2) is 33.7 Å². The Hall–Kier alpha value is -2.76. The molecule has 4 rings (SSSR count). The second kappa shape index (κ2) is 28.8. The van der Waals surface area contributed by atoms with E-state index in [2.05, 4.69) is 22.9 Å². The smallest absolute Gasteiger partial charge is 0.125 e. The van der Waals surface area contributed by atoms with E-state index in [1.807, 2.05) is 0 Å². The predicted molar refractivity (Wildman–Crippen MR) is 221 cm³/mol. The molecule has 0 saturated carbocycles. The standard InChI is InChI=1S/C16H10O12S4.2C10H24N2.4H2O/c17-29(18,19)11-5-13(31(23,24)25)9-3-4-10-14(32(26,27)28)6-12(30(20,21)22)8-2-1-7(11)15(9)16(8)10;2*11-9-7-5-3-1-2-4-6-8-10-12;;;;/h1-6H,(H,17,18,19)(H,20,21,22)(H,23,24,25)(H,26,27,28);2*1-12H2;4*1H2. The summed E-state index contributed by atoms with van der Waals surface area (Å²) in [5, 5.41) is -2.90. The molecule has 0 saturated heterocycles. The van der Waals surface area contributed by atoms with Gasteiger partial charge in [0.25, 0.3) is 0 Å². The highest BCUT2D eigenvalue weighted by Gasteiger charge is 2.24. The fraction of sp³-hybridized carbons (Fsp3) is 0.556. The van der Waals surface area contributed by atoms with Crippen molar-refractivity contribution in [3.05, 3.63) is 36.4 Å². The van der Waals surface area contributed by atoms with Crippen LogP contribution in [0, 0.1) is 0 Å². The minimum atomic E-state index is -5.40. The first-order valence-electron chi connectivity index (χ1n) is 19.0. The van der Waals surface area contributed by atoms with Crippen LogP contribution >= 0.6 is 0 Å². The van der Waals surface area contributed by atoms with Crippen molar-refractivity contribution < 1.29 is 96.7 Å². The molecule has 0 fully saturated rings. The normalized spacial score (nSPS) is 11.7. The van der Waals surface area contributed by atoms with E-state index in [0.29, 0.717) is 12.1 Å². The van der Waals surface area contributed by atoms with Gasteiger partial charge in [0, 0.05) is 21.5 Å². The number of hydrogen-bond donors (Lipinski definition) is 4. The molecule has 24 heteroatoms. The van der Waals surface area contributed by atoms with E-state index in [-0.39, 0.29) is 21.9 Å². The van der Waals surface area contributed by atoms with Crippen molar-refractivity contribution >= 4 is 72.8 Å². The Morgan fingerprint density at radius 2 is 0.467 bits per heavy atom. The summed E-state index contributed by atoms with van der Waals surface area (Å²) in [5.74, 6) is 0. The summed E-state index contributed by atoms with van der Waals surface area (Å²) in [5.41, 5.74) is 15.3. The Bertz CT molecular complexity index is 1980. The minimum Gasteiger partial charge on any atom is -0.744 e. The maximum atomic E-state index is 11.8. The highest BCUT2D eigenvalue weighted by atomic mass is 32.2. The first-order chi connectivity index (χ1) is 26.2. The van der Waals surface area contributed by atoms with Crippen molar-refractivity contribution in [1.82, 2.24) is 0 Å². The van der Waals surface area contributed by atoms with Gasteiger partial charge in [-0.1, -0.05) is 75.6 Å². The molecule has 0 aliphatic carbocycles. The van der Waals surface area contributed by atoms with Gasteiger partial charge < -0.3 is 63.1 Å². The molecular formula is C36H66N4O16S4. The molecule has 20 nitrogen and oxygen atoms in total. The van der Waals surface area contributed by atoms with Gasteiger partial charge in [-0.05, 0) is 74.3 Å². The van der Waals surface area contributed by atoms with Crippen LogP contribution in [0.4, 0.5) is 0 Å². The van der Waals surface area contributed by atoms with Crippen LogP contribution in [0.25, 0.3) is 32.3 Å². The highest BCUT2D eigenvalue weighted by molar-refractivity contribution is 7.87. The van der Waals surface area contributed by atoms with Gasteiger partial charge in [0.2, 0.25) is 0 Å². The summed E-state index contributed by atoms with van der Waals surface area (Å²) >= 11 is 0. The molecule has 4 aromatic carbocycles. The number of benzene rings is 4. The van der Waals surface area contributed by atoms with E-state index in [1.165, 1.54) is 103 Å². The lowest BCUT2D eigenvalue weighted by atomic mass is 9.94. The third kappa shape index (κ3) is 18.7. The van der Waals surface area contributed by atoms with Crippen molar-refractivity contribution in [1.29, 1.82) is 0 Å². The maximum absolute atomic E-state index is 11.8. The monoisotopic (exact) mass is 938 g/mol. The fourth-order valence-corrected chi connectivity index (χ4v) is 9.48. The molecule has 20 N–H and O–H groups in total. The molecule has 0 aromatic heterocycles. The van der Waals surface area contributed by atoms with Crippen molar-refractivity contribution in [2.24, 2.45) is 0 Å². The van der Waals surface area contributed by atoms with Crippen LogP contribution < -0.4 is 22.9 Å². The van der Waals surface area contributed by atoms with Gasteiger partial charge in [-0.3, -0.25) is 0 Å². The van der Waals surface area contributed by atoms with Crippen LogP contribution in [-0.4, -0.2) is 100.0 Å². The molecule has 0 radical (unpaired) electrons. The fourth-order valence-electron chi connectivity index (χ4n) is 6.52. The van der Waals surface area contributed by atoms with Gasteiger partial charge in [0.1, 0.15) is 40.5 Å². The van der Waals surface area contributed by atoms with E-state index in [0.717, 1.165) is 50.4 Å². The molecule has 0 aliphatic rings. The summed E-state index contributed by atoms with van der Waals surface area (Å²) in [6.45, 7) is 4.45. The van der Waals surface area contributed by atoms with E-state index in [9.17, 15) is 51.9 Å². The largest absolute Gasteiger partial charge is 0.744 e. The summed E-state index contributed by atoms with van der Waals surface area (Å²) in [7, 11) is -21.6. The number of unbranched alkanes of at least 4 members (excludes halogenated alkanes) is 14. The predicted octanol–water partition coefficient (Wildman–Crippen LogP) is -1.92. The zero-order valence-electron chi connectivity index (χ0n) is 34.0. The first kappa shape index (κ1) is 61.5. The molecule has 0 aliphatic heterocycles. The van der Waals surface area contributed by atoms with Crippen LogP contribution in [0.5, 0.6) is 0 Å². The van der Waals surface area contributed by atoms with Gasteiger partial charge in [-0.2, -0.15) is 0 Å². The summed E-state index contributed by atoms with van der Waals surface area (Å²) in [4.78, 5) is -4.63. The second-order valence-corrected chi connectivity index (χ2v) is 19.1. The van der Waals surface area contributed by atoms with E-state index >= 15 is 0 Å².